The van der Waals surface area contributed by atoms with Gasteiger partial charge in [0.05, 0.1) is 12.3 Å². The van der Waals surface area contributed by atoms with Gasteiger partial charge in [0.1, 0.15) is 0 Å². The second-order valence-corrected chi connectivity index (χ2v) is 8.04. The Labute approximate surface area is 160 Å². The van der Waals surface area contributed by atoms with Gasteiger partial charge in [0.2, 0.25) is 10.0 Å². The standard InChI is InChI=1S/C21H23N3O2S/c1-27(25,26)23-18-10-8-9-17(15-18)21(16-22)24(19-11-4-2-5-12-19)20-13-6-3-7-14-20/h2-15,21,23H,16,22H2,1H3. The Kier molecular flexibility index (Phi) is 5.78. The predicted molar refractivity (Wildman–Crippen MR) is 112 cm³/mol. The second-order valence-electron chi connectivity index (χ2n) is 6.29. The van der Waals surface area contributed by atoms with E-state index in [1.165, 1.54) is 0 Å². The number of hydrogen-bond donors (Lipinski definition) is 2. The van der Waals surface area contributed by atoms with E-state index in [1.54, 1.807) is 6.07 Å². The van der Waals surface area contributed by atoms with Gasteiger partial charge in [-0.3, -0.25) is 4.72 Å². The Bertz CT molecular complexity index is 937. The van der Waals surface area contributed by atoms with Gasteiger partial charge in [-0.1, -0.05) is 48.5 Å². The summed E-state index contributed by atoms with van der Waals surface area (Å²) in [4.78, 5) is 2.17. The molecule has 0 amide bonds. The zero-order valence-corrected chi connectivity index (χ0v) is 15.9. The van der Waals surface area contributed by atoms with Crippen LogP contribution in [0.2, 0.25) is 0 Å². The molecule has 140 valence electrons. The van der Waals surface area contributed by atoms with E-state index in [-0.39, 0.29) is 6.04 Å². The van der Waals surface area contributed by atoms with Crippen LogP contribution in [-0.4, -0.2) is 21.2 Å². The van der Waals surface area contributed by atoms with Gasteiger partial charge in [0.15, 0.2) is 0 Å². The molecule has 1 unspecified atom stereocenters. The maximum Gasteiger partial charge on any atom is 0.229 e. The van der Waals surface area contributed by atoms with Crippen LogP contribution in [0.4, 0.5) is 17.1 Å². The summed E-state index contributed by atoms with van der Waals surface area (Å²) in [5.41, 5.74) is 9.66. The van der Waals surface area contributed by atoms with Crippen molar-refractivity contribution in [2.75, 3.05) is 22.4 Å². The Morgan fingerprint density at radius 1 is 0.889 bits per heavy atom. The fraction of sp³-hybridized carbons (Fsp3) is 0.143. The normalized spacial score (nSPS) is 12.4. The molecular formula is C21H23N3O2S. The van der Waals surface area contributed by atoms with Gasteiger partial charge in [0.25, 0.3) is 0 Å². The molecule has 0 spiro atoms. The molecule has 27 heavy (non-hydrogen) atoms. The number of hydrogen-bond acceptors (Lipinski definition) is 4. The summed E-state index contributed by atoms with van der Waals surface area (Å²) in [6.07, 6.45) is 1.14. The average molecular weight is 382 g/mol. The predicted octanol–water partition coefficient (Wildman–Crippen LogP) is 3.90. The van der Waals surface area contributed by atoms with Gasteiger partial charge < -0.3 is 10.6 Å². The molecule has 0 saturated heterocycles. The third-order valence-electron chi connectivity index (χ3n) is 4.18. The first-order valence-corrected chi connectivity index (χ1v) is 10.5. The topological polar surface area (TPSA) is 75.4 Å². The first kappa shape index (κ1) is 18.9. The summed E-state index contributed by atoms with van der Waals surface area (Å²) in [5, 5.41) is 0. The average Bonchev–Trinajstić information content (AvgIpc) is 2.66. The van der Waals surface area contributed by atoms with Gasteiger partial charge in [0, 0.05) is 23.6 Å². The molecule has 3 aromatic carbocycles. The second kappa shape index (κ2) is 8.24. The SMILES string of the molecule is CS(=O)(=O)Nc1cccc(C(CN)N(c2ccccc2)c2ccccc2)c1. The summed E-state index contributed by atoms with van der Waals surface area (Å²) in [7, 11) is -3.35. The highest BCUT2D eigenvalue weighted by molar-refractivity contribution is 7.92. The summed E-state index contributed by atoms with van der Waals surface area (Å²) < 4.78 is 25.7. The fourth-order valence-corrected chi connectivity index (χ4v) is 3.66. The first-order chi connectivity index (χ1) is 13.0. The molecule has 1 atom stereocenters. The number of nitrogens with two attached hydrogens (primary N) is 1. The third kappa shape index (κ3) is 4.87. The lowest BCUT2D eigenvalue weighted by molar-refractivity contribution is 0.607. The van der Waals surface area contributed by atoms with Crippen molar-refractivity contribution in [3.63, 3.8) is 0 Å². The van der Waals surface area contributed by atoms with E-state index < -0.39 is 10.0 Å². The van der Waals surface area contributed by atoms with E-state index in [9.17, 15) is 8.42 Å². The van der Waals surface area contributed by atoms with Crippen molar-refractivity contribution in [1.29, 1.82) is 0 Å². The molecule has 0 aliphatic rings. The maximum atomic E-state index is 11.6. The number of sulfonamides is 1. The minimum absolute atomic E-state index is 0.156. The molecule has 5 nitrogen and oxygen atoms in total. The highest BCUT2D eigenvalue weighted by Crippen LogP contribution is 2.35. The lowest BCUT2D eigenvalue weighted by Gasteiger charge is -2.33. The van der Waals surface area contributed by atoms with E-state index in [2.05, 4.69) is 9.62 Å². The van der Waals surface area contributed by atoms with Gasteiger partial charge in [-0.2, -0.15) is 0 Å². The van der Waals surface area contributed by atoms with Crippen molar-refractivity contribution in [3.8, 4) is 0 Å². The van der Waals surface area contributed by atoms with Crippen LogP contribution in [0.5, 0.6) is 0 Å². The highest BCUT2D eigenvalue weighted by atomic mass is 32.2. The quantitative estimate of drug-likeness (QED) is 0.651. The largest absolute Gasteiger partial charge is 0.333 e. The van der Waals surface area contributed by atoms with Gasteiger partial charge in [-0.15, -0.1) is 0 Å². The van der Waals surface area contributed by atoms with Crippen LogP contribution in [0.15, 0.2) is 84.9 Å². The number of benzene rings is 3. The number of rotatable bonds is 7. The van der Waals surface area contributed by atoms with Gasteiger partial charge in [-0.25, -0.2) is 8.42 Å². The zero-order chi connectivity index (χ0) is 19.3. The van der Waals surface area contributed by atoms with Crippen LogP contribution in [0, 0.1) is 0 Å². The minimum atomic E-state index is -3.35. The van der Waals surface area contributed by atoms with E-state index in [4.69, 9.17) is 5.73 Å². The molecule has 6 heteroatoms. The van der Waals surface area contributed by atoms with Crippen LogP contribution in [0.1, 0.15) is 11.6 Å². The lowest BCUT2D eigenvalue weighted by Crippen LogP contribution is -2.30. The van der Waals surface area contributed by atoms with Gasteiger partial charge in [-0.05, 0) is 42.0 Å². The Morgan fingerprint density at radius 2 is 1.44 bits per heavy atom. The summed E-state index contributed by atoms with van der Waals surface area (Å²) in [5.74, 6) is 0. The number of anilines is 3. The number of nitrogens with one attached hydrogen (secondary N) is 1. The van der Waals surface area contributed by atoms with Crippen molar-refractivity contribution >= 4 is 27.1 Å². The molecule has 0 aromatic heterocycles. The van der Waals surface area contributed by atoms with E-state index in [0.717, 1.165) is 23.2 Å². The minimum Gasteiger partial charge on any atom is -0.333 e. The van der Waals surface area contributed by atoms with Crippen LogP contribution < -0.4 is 15.4 Å². The molecular weight excluding hydrogens is 358 g/mol. The number of nitrogens with zero attached hydrogens (tertiary/aromatic N) is 1. The smallest absolute Gasteiger partial charge is 0.229 e. The molecule has 3 rings (SSSR count). The van der Waals surface area contributed by atoms with Crippen LogP contribution in [-0.2, 0) is 10.0 Å². The molecule has 0 saturated carbocycles. The van der Waals surface area contributed by atoms with Crippen molar-refractivity contribution < 1.29 is 8.42 Å². The fourth-order valence-electron chi connectivity index (χ4n) is 3.10. The molecule has 0 radical (unpaired) electrons. The van der Waals surface area contributed by atoms with Crippen LogP contribution >= 0.6 is 0 Å². The van der Waals surface area contributed by atoms with Crippen molar-refractivity contribution in [1.82, 2.24) is 0 Å². The molecule has 0 heterocycles. The molecule has 0 fully saturated rings. The Balaban J connectivity index is 2.06. The van der Waals surface area contributed by atoms with E-state index >= 15 is 0 Å². The summed E-state index contributed by atoms with van der Waals surface area (Å²) in [6, 6.07) is 27.2. The monoisotopic (exact) mass is 381 g/mol. The van der Waals surface area contributed by atoms with Crippen molar-refractivity contribution in [2.45, 2.75) is 6.04 Å². The van der Waals surface area contributed by atoms with Gasteiger partial charge >= 0.3 is 0 Å². The van der Waals surface area contributed by atoms with Crippen molar-refractivity contribution in [2.24, 2.45) is 5.73 Å². The van der Waals surface area contributed by atoms with E-state index in [1.807, 2.05) is 78.9 Å². The summed E-state index contributed by atoms with van der Waals surface area (Å²) >= 11 is 0. The van der Waals surface area contributed by atoms with Crippen LogP contribution in [0.3, 0.4) is 0 Å². The molecule has 3 aromatic rings. The Hall–Kier alpha value is -2.83. The Morgan fingerprint density at radius 3 is 1.93 bits per heavy atom. The third-order valence-corrected chi connectivity index (χ3v) is 4.78. The molecule has 3 N–H and O–H groups in total. The maximum absolute atomic E-state index is 11.6. The number of para-hydroxylation sites is 2. The first-order valence-electron chi connectivity index (χ1n) is 8.65. The van der Waals surface area contributed by atoms with Crippen LogP contribution in [0.25, 0.3) is 0 Å². The van der Waals surface area contributed by atoms with E-state index in [0.29, 0.717) is 12.2 Å². The molecule has 0 bridgehead atoms. The molecule has 0 aliphatic heterocycles. The lowest BCUT2D eigenvalue weighted by atomic mass is 10.0. The van der Waals surface area contributed by atoms with Crippen molar-refractivity contribution in [3.05, 3.63) is 90.5 Å². The summed E-state index contributed by atoms with van der Waals surface area (Å²) in [6.45, 7) is 0.367. The highest BCUT2D eigenvalue weighted by Gasteiger charge is 2.21. The zero-order valence-electron chi connectivity index (χ0n) is 15.1. The molecule has 0 aliphatic carbocycles.